The number of phenolic OH excluding ortho intramolecular Hbond substituents is 1. The van der Waals surface area contributed by atoms with Crippen LogP contribution in [-0.4, -0.2) is 34.8 Å². The van der Waals surface area contributed by atoms with Gasteiger partial charge in [-0.3, -0.25) is 9.59 Å². The van der Waals surface area contributed by atoms with E-state index in [4.69, 9.17) is 11.6 Å². The molecule has 1 aromatic rings. The monoisotopic (exact) mass is 253 g/mol. The third kappa shape index (κ3) is 2.58. The standard InChI is InChI=1S/C12H12ClNO3/c13-8-3-4-10(11(16)6-8)12(17)14-5-1-2-9(15)7-14/h3-4,6,16H,1-2,5,7H2. The van der Waals surface area contributed by atoms with Gasteiger partial charge >= 0.3 is 0 Å². The first-order valence-corrected chi connectivity index (χ1v) is 5.75. The highest BCUT2D eigenvalue weighted by molar-refractivity contribution is 6.30. The predicted octanol–water partition coefficient (Wildman–Crippen LogP) is 1.85. The maximum Gasteiger partial charge on any atom is 0.258 e. The average Bonchev–Trinajstić information content (AvgIpc) is 2.28. The van der Waals surface area contributed by atoms with Crippen molar-refractivity contribution in [1.82, 2.24) is 4.90 Å². The van der Waals surface area contributed by atoms with E-state index in [0.29, 0.717) is 24.4 Å². The first kappa shape index (κ1) is 11.9. The number of carbonyl (C=O) groups is 2. The fourth-order valence-corrected chi connectivity index (χ4v) is 2.03. The molecule has 0 bridgehead atoms. The molecular formula is C12H12ClNO3. The number of rotatable bonds is 1. The summed E-state index contributed by atoms with van der Waals surface area (Å²) in [6.45, 7) is 0.674. The number of halogens is 1. The van der Waals surface area contributed by atoms with Crippen molar-refractivity contribution in [2.45, 2.75) is 12.8 Å². The van der Waals surface area contributed by atoms with Crippen LogP contribution in [-0.2, 0) is 4.79 Å². The fourth-order valence-electron chi connectivity index (χ4n) is 1.87. The van der Waals surface area contributed by atoms with Crippen molar-refractivity contribution in [2.75, 3.05) is 13.1 Å². The van der Waals surface area contributed by atoms with Crippen LogP contribution in [0.4, 0.5) is 0 Å². The number of likely N-dealkylation sites (tertiary alicyclic amines) is 1. The summed E-state index contributed by atoms with van der Waals surface area (Å²) in [6, 6.07) is 4.33. The number of nitrogens with zero attached hydrogens (tertiary/aromatic N) is 1. The molecule has 1 fully saturated rings. The van der Waals surface area contributed by atoms with Gasteiger partial charge in [0.15, 0.2) is 5.78 Å². The van der Waals surface area contributed by atoms with E-state index in [1.165, 1.54) is 17.0 Å². The molecule has 1 heterocycles. The zero-order valence-corrected chi connectivity index (χ0v) is 9.91. The maximum absolute atomic E-state index is 12.0. The lowest BCUT2D eigenvalue weighted by Crippen LogP contribution is -2.40. The molecule has 1 aromatic carbocycles. The van der Waals surface area contributed by atoms with Crippen LogP contribution in [0.5, 0.6) is 5.75 Å². The molecule has 1 aliphatic heterocycles. The first-order valence-electron chi connectivity index (χ1n) is 5.37. The van der Waals surface area contributed by atoms with E-state index < -0.39 is 0 Å². The molecule has 1 amide bonds. The van der Waals surface area contributed by atoms with Gasteiger partial charge in [0.2, 0.25) is 0 Å². The number of ketones is 1. The smallest absolute Gasteiger partial charge is 0.258 e. The minimum Gasteiger partial charge on any atom is -0.507 e. The largest absolute Gasteiger partial charge is 0.507 e. The second kappa shape index (κ2) is 4.75. The summed E-state index contributed by atoms with van der Waals surface area (Å²) < 4.78 is 0. The summed E-state index contributed by atoms with van der Waals surface area (Å²) in [5.74, 6) is -0.425. The minimum atomic E-state index is -0.327. The zero-order chi connectivity index (χ0) is 12.4. The van der Waals surface area contributed by atoms with Gasteiger partial charge in [0, 0.05) is 18.0 Å². The van der Waals surface area contributed by atoms with Crippen molar-refractivity contribution in [3.63, 3.8) is 0 Å². The molecular weight excluding hydrogens is 242 g/mol. The summed E-state index contributed by atoms with van der Waals surface area (Å²) in [6.07, 6.45) is 1.20. The van der Waals surface area contributed by atoms with Crippen LogP contribution in [0.2, 0.25) is 5.02 Å². The molecule has 0 aromatic heterocycles. The Kier molecular flexibility index (Phi) is 3.33. The van der Waals surface area contributed by atoms with Crippen molar-refractivity contribution >= 4 is 23.3 Å². The highest BCUT2D eigenvalue weighted by atomic mass is 35.5. The van der Waals surface area contributed by atoms with Crippen LogP contribution in [0.3, 0.4) is 0 Å². The van der Waals surface area contributed by atoms with Gasteiger partial charge in [-0.05, 0) is 24.6 Å². The van der Waals surface area contributed by atoms with Gasteiger partial charge in [-0.25, -0.2) is 0 Å². The van der Waals surface area contributed by atoms with Crippen molar-refractivity contribution in [2.24, 2.45) is 0 Å². The van der Waals surface area contributed by atoms with Gasteiger partial charge in [0.1, 0.15) is 5.75 Å². The summed E-state index contributed by atoms with van der Waals surface area (Å²) in [5.41, 5.74) is 0.184. The molecule has 0 atom stereocenters. The van der Waals surface area contributed by atoms with E-state index in [2.05, 4.69) is 0 Å². The Morgan fingerprint density at radius 2 is 2.18 bits per heavy atom. The van der Waals surface area contributed by atoms with Crippen LogP contribution in [0.15, 0.2) is 18.2 Å². The number of amides is 1. The Morgan fingerprint density at radius 3 is 2.82 bits per heavy atom. The molecule has 90 valence electrons. The second-order valence-electron chi connectivity index (χ2n) is 4.03. The third-order valence-corrected chi connectivity index (χ3v) is 2.96. The Labute approximate surface area is 104 Å². The van der Waals surface area contributed by atoms with E-state index in [1.807, 2.05) is 0 Å². The van der Waals surface area contributed by atoms with Crippen molar-refractivity contribution in [1.29, 1.82) is 0 Å². The zero-order valence-electron chi connectivity index (χ0n) is 9.15. The molecule has 1 N–H and O–H groups in total. The lowest BCUT2D eigenvalue weighted by Gasteiger charge is -2.26. The molecule has 0 unspecified atom stereocenters. The molecule has 0 aliphatic carbocycles. The summed E-state index contributed by atoms with van der Waals surface area (Å²) in [7, 11) is 0. The molecule has 5 heteroatoms. The number of Topliss-reactive ketones (excluding diaryl/α,β-unsaturated/α-hetero) is 1. The molecule has 4 nitrogen and oxygen atoms in total. The fraction of sp³-hybridized carbons (Fsp3) is 0.333. The maximum atomic E-state index is 12.0. The summed E-state index contributed by atoms with van der Waals surface area (Å²) in [4.78, 5) is 24.8. The molecule has 1 aliphatic rings. The number of piperidine rings is 1. The van der Waals surface area contributed by atoms with Crippen molar-refractivity contribution < 1.29 is 14.7 Å². The van der Waals surface area contributed by atoms with E-state index in [9.17, 15) is 14.7 Å². The Morgan fingerprint density at radius 1 is 1.41 bits per heavy atom. The Bertz CT molecular complexity index is 473. The predicted molar refractivity (Wildman–Crippen MR) is 63.3 cm³/mol. The van der Waals surface area contributed by atoms with Gasteiger partial charge < -0.3 is 10.0 Å². The van der Waals surface area contributed by atoms with Crippen molar-refractivity contribution in [3.8, 4) is 5.75 Å². The quantitative estimate of drug-likeness (QED) is 0.831. The average molecular weight is 254 g/mol. The molecule has 0 radical (unpaired) electrons. The number of benzene rings is 1. The van der Waals surface area contributed by atoms with E-state index in [0.717, 1.165) is 0 Å². The Balaban J connectivity index is 2.21. The van der Waals surface area contributed by atoms with E-state index in [1.54, 1.807) is 6.07 Å². The van der Waals surface area contributed by atoms with Crippen molar-refractivity contribution in [3.05, 3.63) is 28.8 Å². The van der Waals surface area contributed by atoms with Crippen LogP contribution in [0.1, 0.15) is 23.2 Å². The first-order chi connectivity index (χ1) is 8.08. The van der Waals surface area contributed by atoms with Crippen LogP contribution in [0, 0.1) is 0 Å². The normalized spacial score (nSPS) is 16.1. The van der Waals surface area contributed by atoms with Gasteiger partial charge in [-0.15, -0.1) is 0 Å². The number of phenols is 1. The lowest BCUT2D eigenvalue weighted by atomic mass is 10.1. The van der Waals surface area contributed by atoms with E-state index in [-0.39, 0.29) is 29.5 Å². The topological polar surface area (TPSA) is 57.6 Å². The molecule has 2 rings (SSSR count). The highest BCUT2D eigenvalue weighted by Gasteiger charge is 2.24. The van der Waals surface area contributed by atoms with Gasteiger partial charge in [-0.1, -0.05) is 11.6 Å². The SMILES string of the molecule is O=C1CCCN(C(=O)c2ccc(Cl)cc2O)C1. The number of hydrogen-bond donors (Lipinski definition) is 1. The van der Waals surface area contributed by atoms with Crippen LogP contribution in [0.25, 0.3) is 0 Å². The van der Waals surface area contributed by atoms with Crippen LogP contribution >= 0.6 is 11.6 Å². The molecule has 0 spiro atoms. The molecule has 1 saturated heterocycles. The van der Waals surface area contributed by atoms with Gasteiger partial charge in [-0.2, -0.15) is 0 Å². The van der Waals surface area contributed by atoms with Gasteiger partial charge in [0.05, 0.1) is 12.1 Å². The number of aromatic hydroxyl groups is 1. The highest BCUT2D eigenvalue weighted by Crippen LogP contribution is 2.24. The number of hydrogen-bond acceptors (Lipinski definition) is 3. The minimum absolute atomic E-state index is 0.0538. The lowest BCUT2D eigenvalue weighted by molar-refractivity contribution is -0.121. The number of carbonyl (C=O) groups excluding carboxylic acids is 2. The summed E-state index contributed by atoms with van der Waals surface area (Å²) in [5, 5.41) is 10.0. The Hall–Kier alpha value is -1.55. The molecule has 0 saturated carbocycles. The molecule has 17 heavy (non-hydrogen) atoms. The van der Waals surface area contributed by atoms with Gasteiger partial charge in [0.25, 0.3) is 5.91 Å². The van der Waals surface area contributed by atoms with Crippen LogP contribution < -0.4 is 0 Å². The third-order valence-electron chi connectivity index (χ3n) is 2.73. The summed E-state index contributed by atoms with van der Waals surface area (Å²) >= 11 is 5.69. The second-order valence-corrected chi connectivity index (χ2v) is 4.47. The van der Waals surface area contributed by atoms with E-state index >= 15 is 0 Å².